The fourth-order valence-corrected chi connectivity index (χ4v) is 6.07. The SMILES string of the molecule is CC[C@H](C)[C@]1(C)C(=O)N[C@H](C2Cc3ccccc3C2)C(=O)N1[C@@H](C(=O)N1CCOCC1)c1coc(C)n1. The first kappa shape index (κ1) is 25.4. The molecule has 1 aromatic heterocycles. The molecule has 37 heavy (non-hydrogen) atoms. The number of aryl methyl sites for hydroxylation is 1. The zero-order chi connectivity index (χ0) is 26.3. The van der Waals surface area contributed by atoms with Gasteiger partial charge in [-0.1, -0.05) is 44.5 Å². The van der Waals surface area contributed by atoms with Crippen molar-refractivity contribution in [3.05, 3.63) is 53.2 Å². The number of carbonyl (C=O) groups excluding carboxylic acids is 3. The molecular formula is C28H36N4O5. The molecule has 3 heterocycles. The number of oxazole rings is 1. The van der Waals surface area contributed by atoms with E-state index >= 15 is 0 Å². The van der Waals surface area contributed by atoms with Crippen LogP contribution in [-0.4, -0.2) is 70.4 Å². The standard InChI is InChI=1S/C28H36N4O5/c1-5-17(2)28(4)27(35)30-23(21-14-19-8-6-7-9-20(19)15-21)25(33)32(28)24(22-16-37-18(3)29-22)26(34)31-10-12-36-13-11-31/h6-9,16-17,21,23-24H,5,10-15H2,1-4H3,(H,30,35)/t17-,23+,24+,28+/m0/s1. The number of fused-ring (bicyclic) bond motifs is 1. The smallest absolute Gasteiger partial charge is 0.251 e. The molecule has 0 saturated carbocycles. The Labute approximate surface area is 217 Å². The Morgan fingerprint density at radius 2 is 1.84 bits per heavy atom. The minimum Gasteiger partial charge on any atom is -0.449 e. The molecule has 0 unspecified atom stereocenters. The van der Waals surface area contributed by atoms with E-state index in [9.17, 15) is 14.4 Å². The number of aromatic nitrogens is 1. The van der Waals surface area contributed by atoms with E-state index in [0.717, 1.165) is 0 Å². The van der Waals surface area contributed by atoms with Crippen LogP contribution < -0.4 is 5.32 Å². The minimum atomic E-state index is -1.24. The third-order valence-corrected chi connectivity index (χ3v) is 8.61. The van der Waals surface area contributed by atoms with Crippen molar-refractivity contribution in [3.63, 3.8) is 0 Å². The van der Waals surface area contributed by atoms with Crippen LogP contribution in [0.1, 0.15) is 55.9 Å². The molecule has 9 heteroatoms. The summed E-state index contributed by atoms with van der Waals surface area (Å²) >= 11 is 0. The number of nitrogens with zero attached hydrogens (tertiary/aromatic N) is 3. The summed E-state index contributed by atoms with van der Waals surface area (Å²) in [6.45, 7) is 9.12. The highest BCUT2D eigenvalue weighted by Crippen LogP contribution is 2.41. The molecule has 0 bridgehead atoms. The first-order valence-corrected chi connectivity index (χ1v) is 13.2. The number of rotatable bonds is 6. The Morgan fingerprint density at radius 3 is 2.41 bits per heavy atom. The second-order valence-electron chi connectivity index (χ2n) is 10.7. The number of hydrogen-bond acceptors (Lipinski definition) is 6. The highest BCUT2D eigenvalue weighted by Gasteiger charge is 2.58. The van der Waals surface area contributed by atoms with Gasteiger partial charge in [0.15, 0.2) is 11.9 Å². The average Bonchev–Trinajstić information content (AvgIpc) is 3.54. The Kier molecular flexibility index (Phi) is 6.83. The van der Waals surface area contributed by atoms with Gasteiger partial charge in [0.05, 0.1) is 13.2 Å². The first-order chi connectivity index (χ1) is 17.8. The molecule has 198 valence electrons. The monoisotopic (exact) mass is 508 g/mol. The Morgan fingerprint density at radius 1 is 1.19 bits per heavy atom. The third-order valence-electron chi connectivity index (χ3n) is 8.61. The van der Waals surface area contributed by atoms with Crippen LogP contribution in [0.2, 0.25) is 0 Å². The van der Waals surface area contributed by atoms with Crippen molar-refractivity contribution in [3.8, 4) is 0 Å². The predicted molar refractivity (Wildman–Crippen MR) is 135 cm³/mol. The molecule has 1 aromatic carbocycles. The highest BCUT2D eigenvalue weighted by atomic mass is 16.5. The lowest BCUT2D eigenvalue weighted by Crippen LogP contribution is -2.74. The summed E-state index contributed by atoms with van der Waals surface area (Å²) in [5.74, 6) is -0.628. The number of ether oxygens (including phenoxy) is 1. The van der Waals surface area contributed by atoms with E-state index in [1.807, 2.05) is 26.0 Å². The van der Waals surface area contributed by atoms with Gasteiger partial charge in [-0.2, -0.15) is 0 Å². The van der Waals surface area contributed by atoms with E-state index in [1.54, 1.807) is 23.6 Å². The van der Waals surface area contributed by atoms with E-state index in [4.69, 9.17) is 9.15 Å². The Hall–Kier alpha value is -3.20. The normalized spacial score (nSPS) is 26.1. The van der Waals surface area contributed by atoms with Gasteiger partial charge in [-0.15, -0.1) is 0 Å². The number of benzene rings is 1. The van der Waals surface area contributed by atoms with Gasteiger partial charge in [0.2, 0.25) is 11.8 Å². The number of piperazine rings is 1. The van der Waals surface area contributed by atoms with E-state index < -0.39 is 17.6 Å². The second kappa shape index (κ2) is 9.93. The van der Waals surface area contributed by atoms with Crippen LogP contribution in [-0.2, 0) is 32.0 Å². The van der Waals surface area contributed by atoms with Crippen LogP contribution in [0.3, 0.4) is 0 Å². The topological polar surface area (TPSA) is 105 Å². The molecule has 3 aliphatic rings. The van der Waals surface area contributed by atoms with Gasteiger partial charge in [-0.25, -0.2) is 4.98 Å². The molecule has 2 saturated heterocycles. The van der Waals surface area contributed by atoms with E-state index in [-0.39, 0.29) is 29.6 Å². The van der Waals surface area contributed by atoms with Crippen LogP contribution in [0.4, 0.5) is 0 Å². The van der Waals surface area contributed by atoms with E-state index in [0.29, 0.717) is 57.2 Å². The maximum Gasteiger partial charge on any atom is 0.251 e. The lowest BCUT2D eigenvalue weighted by molar-refractivity contribution is -0.171. The number of carbonyl (C=O) groups is 3. The van der Waals surface area contributed by atoms with Gasteiger partial charge in [0.1, 0.15) is 23.5 Å². The molecule has 3 amide bonds. The third kappa shape index (κ3) is 4.33. The van der Waals surface area contributed by atoms with Crippen molar-refractivity contribution in [2.24, 2.45) is 11.8 Å². The quantitative estimate of drug-likeness (QED) is 0.643. The largest absolute Gasteiger partial charge is 0.449 e. The number of amides is 3. The highest BCUT2D eigenvalue weighted by molar-refractivity contribution is 6.02. The number of hydrogen-bond donors (Lipinski definition) is 1. The summed E-state index contributed by atoms with van der Waals surface area (Å²) in [5.41, 5.74) is 1.50. The molecule has 0 radical (unpaired) electrons. The van der Waals surface area contributed by atoms with Crippen molar-refractivity contribution in [2.45, 2.75) is 64.6 Å². The van der Waals surface area contributed by atoms with Gasteiger partial charge in [-0.05, 0) is 42.7 Å². The summed E-state index contributed by atoms with van der Waals surface area (Å²) in [4.78, 5) is 50.3. The average molecular weight is 509 g/mol. The molecule has 2 aliphatic heterocycles. The zero-order valence-electron chi connectivity index (χ0n) is 22.0. The fraction of sp³-hybridized carbons (Fsp3) is 0.571. The molecule has 1 N–H and O–H groups in total. The summed E-state index contributed by atoms with van der Waals surface area (Å²) < 4.78 is 11.0. The Bertz CT molecular complexity index is 1160. The van der Waals surface area contributed by atoms with Gasteiger partial charge >= 0.3 is 0 Å². The summed E-state index contributed by atoms with van der Waals surface area (Å²) in [6, 6.07) is 6.35. The van der Waals surface area contributed by atoms with Crippen molar-refractivity contribution in [1.82, 2.24) is 20.1 Å². The van der Waals surface area contributed by atoms with E-state index in [1.165, 1.54) is 17.4 Å². The summed E-state index contributed by atoms with van der Waals surface area (Å²) in [6.07, 6.45) is 3.50. The lowest BCUT2D eigenvalue weighted by Gasteiger charge is -2.52. The first-order valence-electron chi connectivity index (χ1n) is 13.2. The zero-order valence-corrected chi connectivity index (χ0v) is 22.0. The molecule has 2 aromatic rings. The molecular weight excluding hydrogens is 472 g/mol. The van der Waals surface area contributed by atoms with Gasteiger partial charge in [0.25, 0.3) is 5.91 Å². The van der Waals surface area contributed by atoms with Crippen molar-refractivity contribution < 1.29 is 23.5 Å². The lowest BCUT2D eigenvalue weighted by atomic mass is 9.77. The molecule has 5 rings (SSSR count). The van der Waals surface area contributed by atoms with E-state index in [2.05, 4.69) is 22.4 Å². The van der Waals surface area contributed by atoms with Crippen molar-refractivity contribution in [1.29, 1.82) is 0 Å². The van der Waals surface area contributed by atoms with Crippen LogP contribution in [0.25, 0.3) is 0 Å². The van der Waals surface area contributed by atoms with Crippen molar-refractivity contribution in [2.75, 3.05) is 26.3 Å². The molecule has 2 fully saturated rings. The van der Waals surface area contributed by atoms with Crippen molar-refractivity contribution >= 4 is 17.7 Å². The molecule has 4 atom stereocenters. The maximum atomic E-state index is 14.5. The number of morpholine rings is 1. The summed E-state index contributed by atoms with van der Waals surface area (Å²) in [7, 11) is 0. The van der Waals surface area contributed by atoms with Gasteiger partial charge < -0.3 is 24.3 Å². The van der Waals surface area contributed by atoms with Crippen LogP contribution in [0, 0.1) is 18.8 Å². The van der Waals surface area contributed by atoms with Gasteiger partial charge in [-0.3, -0.25) is 14.4 Å². The number of nitrogens with one attached hydrogen (secondary N) is 1. The predicted octanol–water partition coefficient (Wildman–Crippen LogP) is 2.43. The minimum absolute atomic E-state index is 0.0870. The second-order valence-corrected chi connectivity index (χ2v) is 10.7. The Balaban J connectivity index is 1.58. The fourth-order valence-electron chi connectivity index (χ4n) is 6.07. The van der Waals surface area contributed by atoms with Gasteiger partial charge in [0, 0.05) is 20.0 Å². The van der Waals surface area contributed by atoms with Crippen LogP contribution >= 0.6 is 0 Å². The van der Waals surface area contributed by atoms with Crippen LogP contribution in [0.5, 0.6) is 0 Å². The summed E-state index contributed by atoms with van der Waals surface area (Å²) in [5, 5.41) is 3.09. The molecule has 9 nitrogen and oxygen atoms in total. The molecule has 0 spiro atoms. The molecule has 1 aliphatic carbocycles. The maximum absolute atomic E-state index is 14.5. The van der Waals surface area contributed by atoms with Crippen LogP contribution in [0.15, 0.2) is 34.9 Å².